The fourth-order valence-corrected chi connectivity index (χ4v) is 2.82. The maximum absolute atomic E-state index is 12.4. The number of piperidine rings is 1. The highest BCUT2D eigenvalue weighted by atomic mass is 127. The number of alkyl halides is 3. The molecular weight excluding hydrogens is 476 g/mol. The molecule has 0 atom stereocenters. The van der Waals surface area contributed by atoms with Gasteiger partial charge in [0.15, 0.2) is 12.6 Å². The molecule has 1 N–H and O–H groups in total. The lowest BCUT2D eigenvalue weighted by atomic mass is 10.1. The van der Waals surface area contributed by atoms with Gasteiger partial charge in [0.05, 0.1) is 6.10 Å². The van der Waals surface area contributed by atoms with Crippen molar-refractivity contribution in [2.24, 2.45) is 4.99 Å². The van der Waals surface area contributed by atoms with E-state index < -0.39 is 12.8 Å². The van der Waals surface area contributed by atoms with Crippen LogP contribution in [0.3, 0.4) is 0 Å². The second kappa shape index (κ2) is 11.5. The number of likely N-dealkylation sites (tertiary alicyclic amines) is 1. The quantitative estimate of drug-likeness (QED) is 0.368. The zero-order chi connectivity index (χ0) is 19.0. The Labute approximate surface area is 174 Å². The number of pyridine rings is 1. The lowest BCUT2D eigenvalue weighted by molar-refractivity contribution is -0.154. The van der Waals surface area contributed by atoms with Gasteiger partial charge in [0.25, 0.3) is 0 Å². The van der Waals surface area contributed by atoms with Crippen LogP contribution in [0.15, 0.2) is 23.3 Å². The van der Waals surface area contributed by atoms with Gasteiger partial charge in [-0.2, -0.15) is 13.2 Å². The molecule has 1 fully saturated rings. The lowest BCUT2D eigenvalue weighted by Gasteiger charge is -2.34. The SMILES string of the molecule is CCOC1CCN(C(=NC)NCc2cccnc2OCC(F)(F)F)CC1.I. The first-order chi connectivity index (χ1) is 12.4. The fraction of sp³-hybridized carbons (Fsp3) is 0.647. The molecule has 1 aliphatic heterocycles. The Morgan fingerprint density at radius 1 is 1.37 bits per heavy atom. The van der Waals surface area contributed by atoms with Gasteiger partial charge in [-0.15, -0.1) is 24.0 Å². The lowest BCUT2D eigenvalue weighted by Crippen LogP contribution is -2.46. The van der Waals surface area contributed by atoms with Crippen LogP contribution in [0, 0.1) is 0 Å². The predicted molar refractivity (Wildman–Crippen MR) is 108 cm³/mol. The first-order valence-electron chi connectivity index (χ1n) is 8.63. The molecule has 2 rings (SSSR count). The molecule has 0 saturated carbocycles. The standard InChI is InChI=1S/C17H25F3N4O2.HI/c1-3-25-14-6-9-24(10-7-14)16(21-2)23-11-13-5-4-8-22-15(13)26-12-17(18,19)20;/h4-5,8,14H,3,6-7,9-12H2,1-2H3,(H,21,23);1H. The first-order valence-corrected chi connectivity index (χ1v) is 8.63. The maximum Gasteiger partial charge on any atom is 0.422 e. The summed E-state index contributed by atoms with van der Waals surface area (Å²) in [7, 11) is 1.68. The predicted octanol–water partition coefficient (Wildman–Crippen LogP) is 3.22. The molecular formula is C17H26F3IN4O2. The van der Waals surface area contributed by atoms with E-state index in [-0.39, 0.29) is 42.5 Å². The average molecular weight is 502 g/mol. The average Bonchev–Trinajstić information content (AvgIpc) is 2.62. The highest BCUT2D eigenvalue weighted by Gasteiger charge is 2.29. The number of guanidine groups is 1. The van der Waals surface area contributed by atoms with Crippen LogP contribution < -0.4 is 10.1 Å². The zero-order valence-electron chi connectivity index (χ0n) is 15.5. The Hall–Kier alpha value is -1.30. The minimum absolute atomic E-state index is 0. The number of halogens is 4. The summed E-state index contributed by atoms with van der Waals surface area (Å²) in [5.41, 5.74) is 0.544. The van der Waals surface area contributed by atoms with Crippen LogP contribution in [0.4, 0.5) is 13.2 Å². The van der Waals surface area contributed by atoms with E-state index in [0.717, 1.165) is 25.9 Å². The van der Waals surface area contributed by atoms with Gasteiger partial charge in [-0.3, -0.25) is 4.99 Å². The van der Waals surface area contributed by atoms with Crippen LogP contribution in [0.2, 0.25) is 0 Å². The minimum atomic E-state index is -4.40. The number of aromatic nitrogens is 1. The van der Waals surface area contributed by atoms with E-state index in [4.69, 9.17) is 9.47 Å². The molecule has 1 aromatic rings. The Bertz CT molecular complexity index is 594. The van der Waals surface area contributed by atoms with Gasteiger partial charge in [0.2, 0.25) is 5.88 Å². The number of rotatable bonds is 6. The molecule has 0 aromatic carbocycles. The van der Waals surface area contributed by atoms with Gasteiger partial charge in [-0.25, -0.2) is 4.98 Å². The molecule has 27 heavy (non-hydrogen) atoms. The van der Waals surface area contributed by atoms with Crippen molar-refractivity contribution in [3.63, 3.8) is 0 Å². The molecule has 1 aromatic heterocycles. The van der Waals surface area contributed by atoms with Crippen LogP contribution >= 0.6 is 24.0 Å². The highest BCUT2D eigenvalue weighted by molar-refractivity contribution is 14.0. The third-order valence-electron chi connectivity index (χ3n) is 4.02. The molecule has 0 amide bonds. The highest BCUT2D eigenvalue weighted by Crippen LogP contribution is 2.20. The normalized spacial score (nSPS) is 16.0. The third-order valence-corrected chi connectivity index (χ3v) is 4.02. The Kier molecular flexibility index (Phi) is 10.1. The van der Waals surface area contributed by atoms with Gasteiger partial charge in [-0.05, 0) is 25.8 Å². The molecule has 1 saturated heterocycles. The van der Waals surface area contributed by atoms with Crippen molar-refractivity contribution in [2.45, 2.75) is 38.6 Å². The number of nitrogens with one attached hydrogen (secondary N) is 1. The smallest absolute Gasteiger partial charge is 0.422 e. The van der Waals surface area contributed by atoms with Crippen molar-refractivity contribution in [1.29, 1.82) is 0 Å². The van der Waals surface area contributed by atoms with E-state index >= 15 is 0 Å². The van der Waals surface area contributed by atoms with Crippen LogP contribution in [0.25, 0.3) is 0 Å². The summed E-state index contributed by atoms with van der Waals surface area (Å²) < 4.78 is 47.5. The molecule has 154 valence electrons. The van der Waals surface area contributed by atoms with E-state index in [1.54, 1.807) is 19.2 Å². The van der Waals surface area contributed by atoms with E-state index in [9.17, 15) is 13.2 Å². The van der Waals surface area contributed by atoms with Gasteiger partial charge in [-0.1, -0.05) is 6.07 Å². The first kappa shape index (κ1) is 23.7. The van der Waals surface area contributed by atoms with Crippen molar-refractivity contribution in [2.75, 3.05) is 33.4 Å². The Balaban J connectivity index is 0.00000364. The van der Waals surface area contributed by atoms with Crippen LogP contribution in [-0.2, 0) is 11.3 Å². The van der Waals surface area contributed by atoms with E-state index in [0.29, 0.717) is 18.1 Å². The molecule has 2 heterocycles. The van der Waals surface area contributed by atoms with Crippen molar-refractivity contribution in [1.82, 2.24) is 15.2 Å². The van der Waals surface area contributed by atoms with Crippen LogP contribution in [0.1, 0.15) is 25.3 Å². The monoisotopic (exact) mass is 502 g/mol. The van der Waals surface area contributed by atoms with Crippen molar-refractivity contribution in [3.05, 3.63) is 23.9 Å². The largest absolute Gasteiger partial charge is 0.468 e. The van der Waals surface area contributed by atoms with Gasteiger partial charge >= 0.3 is 6.18 Å². The molecule has 0 aliphatic carbocycles. The number of aliphatic imine (C=N–C) groups is 1. The Morgan fingerprint density at radius 2 is 2.07 bits per heavy atom. The summed E-state index contributed by atoms with van der Waals surface area (Å²) >= 11 is 0. The molecule has 0 spiro atoms. The number of hydrogen-bond donors (Lipinski definition) is 1. The molecule has 10 heteroatoms. The van der Waals surface area contributed by atoms with E-state index in [1.807, 2.05) is 6.92 Å². The van der Waals surface area contributed by atoms with E-state index in [2.05, 4.69) is 20.2 Å². The molecule has 0 bridgehead atoms. The van der Waals surface area contributed by atoms with Gasteiger partial charge < -0.3 is 19.7 Å². The Morgan fingerprint density at radius 3 is 2.67 bits per heavy atom. The minimum Gasteiger partial charge on any atom is -0.468 e. The van der Waals surface area contributed by atoms with Crippen LogP contribution in [-0.4, -0.2) is 61.5 Å². The molecule has 0 radical (unpaired) electrons. The summed E-state index contributed by atoms with van der Waals surface area (Å²) in [5, 5.41) is 3.17. The molecule has 1 aliphatic rings. The topological polar surface area (TPSA) is 59.0 Å². The number of hydrogen-bond acceptors (Lipinski definition) is 4. The number of nitrogens with zero attached hydrogens (tertiary/aromatic N) is 3. The second-order valence-electron chi connectivity index (χ2n) is 5.91. The van der Waals surface area contributed by atoms with Crippen molar-refractivity contribution in [3.8, 4) is 5.88 Å². The third kappa shape index (κ3) is 8.08. The maximum atomic E-state index is 12.4. The number of ether oxygens (including phenoxy) is 2. The summed E-state index contributed by atoms with van der Waals surface area (Å²) in [6, 6.07) is 3.34. The van der Waals surface area contributed by atoms with Crippen LogP contribution in [0.5, 0.6) is 5.88 Å². The van der Waals surface area contributed by atoms with Crippen molar-refractivity contribution >= 4 is 29.9 Å². The fourth-order valence-electron chi connectivity index (χ4n) is 2.82. The second-order valence-corrected chi connectivity index (χ2v) is 5.91. The summed E-state index contributed by atoms with van der Waals surface area (Å²) in [6.45, 7) is 3.23. The molecule has 6 nitrogen and oxygen atoms in total. The van der Waals surface area contributed by atoms with Crippen molar-refractivity contribution < 1.29 is 22.6 Å². The van der Waals surface area contributed by atoms with Gasteiger partial charge in [0, 0.05) is 45.0 Å². The summed E-state index contributed by atoms with van der Waals surface area (Å²) in [5.74, 6) is 0.674. The summed E-state index contributed by atoms with van der Waals surface area (Å²) in [6.07, 6.45) is -0.885. The van der Waals surface area contributed by atoms with Gasteiger partial charge in [0.1, 0.15) is 0 Å². The summed E-state index contributed by atoms with van der Waals surface area (Å²) in [4.78, 5) is 10.3. The molecule has 0 unspecified atom stereocenters. The van der Waals surface area contributed by atoms with E-state index in [1.165, 1.54) is 6.20 Å². The zero-order valence-corrected chi connectivity index (χ0v) is 17.8.